The van der Waals surface area contributed by atoms with Gasteiger partial charge in [-0.2, -0.15) is 0 Å². The zero-order chi connectivity index (χ0) is 20.3. The lowest BCUT2D eigenvalue weighted by Gasteiger charge is -2.14. The molecule has 0 saturated heterocycles. The van der Waals surface area contributed by atoms with Crippen LogP contribution in [0.5, 0.6) is 5.88 Å². The number of rotatable bonds is 6. The summed E-state index contributed by atoms with van der Waals surface area (Å²) in [4.78, 5) is 7.86. The Labute approximate surface area is 185 Å². The molecule has 28 heavy (non-hydrogen) atoms. The molecule has 0 bridgehead atoms. The van der Waals surface area contributed by atoms with Crippen LogP contribution in [0.3, 0.4) is 0 Å². The third-order valence-electron chi connectivity index (χ3n) is 3.39. The maximum atomic E-state index is 12.8. The molecule has 2 aromatic carbocycles. The van der Waals surface area contributed by atoms with Gasteiger partial charge in [0.05, 0.1) is 16.2 Å². The number of benzene rings is 2. The lowest BCUT2D eigenvalue weighted by molar-refractivity contribution is 0.294. The molecule has 0 radical (unpaired) electrons. The first kappa shape index (κ1) is 21.1. The van der Waals surface area contributed by atoms with E-state index in [2.05, 4.69) is 30.6 Å². The minimum absolute atomic E-state index is 0.0111. The van der Waals surface area contributed by atoms with E-state index < -0.39 is 10.0 Å². The van der Waals surface area contributed by atoms with Crippen LogP contribution in [-0.2, 0) is 16.6 Å². The first-order chi connectivity index (χ1) is 13.3. The summed E-state index contributed by atoms with van der Waals surface area (Å²) in [7, 11) is -4.18. The summed E-state index contributed by atoms with van der Waals surface area (Å²) in [5, 5.41) is -0.0343. The lowest BCUT2D eigenvalue weighted by atomic mass is 10.2. The highest BCUT2D eigenvalue weighted by atomic mass is 79.9. The summed E-state index contributed by atoms with van der Waals surface area (Å²) < 4.78 is 33.9. The SMILES string of the molecule is O=S(=O)(Nc1ncc(Br)nc1OCc1ccccc1)c1c(Cl)cc(Cl)cc1Cl. The smallest absolute Gasteiger partial charge is 0.266 e. The predicted molar refractivity (Wildman–Crippen MR) is 113 cm³/mol. The molecule has 0 aliphatic carbocycles. The molecule has 11 heteroatoms. The second kappa shape index (κ2) is 8.84. The van der Waals surface area contributed by atoms with Crippen LogP contribution in [0.25, 0.3) is 0 Å². The van der Waals surface area contributed by atoms with E-state index in [4.69, 9.17) is 39.5 Å². The first-order valence-corrected chi connectivity index (χ1v) is 11.0. The third-order valence-corrected chi connectivity index (χ3v) is 6.25. The Bertz CT molecular complexity index is 1090. The van der Waals surface area contributed by atoms with Crippen molar-refractivity contribution in [2.24, 2.45) is 0 Å². The van der Waals surface area contributed by atoms with Crippen molar-refractivity contribution in [1.82, 2.24) is 9.97 Å². The van der Waals surface area contributed by atoms with Crippen LogP contribution in [0.15, 0.2) is 58.2 Å². The Balaban J connectivity index is 1.92. The molecule has 0 amide bonds. The minimum atomic E-state index is -4.18. The maximum Gasteiger partial charge on any atom is 0.266 e. The van der Waals surface area contributed by atoms with Crippen LogP contribution >= 0.6 is 50.7 Å². The third kappa shape index (κ3) is 5.07. The van der Waals surface area contributed by atoms with Crippen molar-refractivity contribution in [2.75, 3.05) is 4.72 Å². The Kier molecular flexibility index (Phi) is 6.67. The summed E-state index contributed by atoms with van der Waals surface area (Å²) in [5.41, 5.74) is 0.877. The number of hydrogen-bond donors (Lipinski definition) is 1. The van der Waals surface area contributed by atoms with Gasteiger partial charge in [-0.15, -0.1) is 0 Å². The van der Waals surface area contributed by atoms with Gasteiger partial charge in [-0.25, -0.2) is 18.4 Å². The zero-order valence-electron chi connectivity index (χ0n) is 13.9. The molecule has 1 N–H and O–H groups in total. The molecular formula is C17H11BrCl3N3O3S. The molecule has 146 valence electrons. The molecule has 1 heterocycles. The summed E-state index contributed by atoms with van der Waals surface area (Å²) in [6.07, 6.45) is 1.33. The summed E-state index contributed by atoms with van der Waals surface area (Å²) in [5.74, 6) is -0.121. The van der Waals surface area contributed by atoms with Gasteiger partial charge in [-0.1, -0.05) is 65.1 Å². The second-order valence-corrected chi connectivity index (χ2v) is 9.11. The van der Waals surface area contributed by atoms with Crippen LogP contribution in [-0.4, -0.2) is 18.4 Å². The van der Waals surface area contributed by atoms with Crippen LogP contribution in [0.2, 0.25) is 15.1 Å². The fraction of sp³-hybridized carbons (Fsp3) is 0.0588. The molecule has 0 atom stereocenters. The van der Waals surface area contributed by atoms with Gasteiger partial charge in [0.2, 0.25) is 5.82 Å². The van der Waals surface area contributed by atoms with E-state index in [0.717, 1.165) is 5.56 Å². The average Bonchev–Trinajstić information content (AvgIpc) is 2.61. The van der Waals surface area contributed by atoms with Gasteiger partial charge < -0.3 is 4.74 Å². The fourth-order valence-electron chi connectivity index (χ4n) is 2.21. The number of nitrogens with one attached hydrogen (secondary N) is 1. The van der Waals surface area contributed by atoms with Gasteiger partial charge in [0, 0.05) is 5.02 Å². The van der Waals surface area contributed by atoms with Crippen LogP contribution in [0, 0.1) is 0 Å². The molecule has 0 spiro atoms. The monoisotopic (exact) mass is 521 g/mol. The topological polar surface area (TPSA) is 81.2 Å². The molecule has 6 nitrogen and oxygen atoms in total. The Morgan fingerprint density at radius 2 is 1.71 bits per heavy atom. The van der Waals surface area contributed by atoms with E-state index in [1.165, 1.54) is 18.3 Å². The molecule has 3 aromatic rings. The van der Waals surface area contributed by atoms with E-state index in [1.807, 2.05) is 30.3 Å². The average molecular weight is 524 g/mol. The Morgan fingerprint density at radius 1 is 1.07 bits per heavy atom. The number of aromatic nitrogens is 2. The highest BCUT2D eigenvalue weighted by Gasteiger charge is 2.25. The number of hydrogen-bond acceptors (Lipinski definition) is 5. The van der Waals surface area contributed by atoms with Crippen LogP contribution < -0.4 is 9.46 Å². The van der Waals surface area contributed by atoms with Crippen molar-refractivity contribution in [2.45, 2.75) is 11.5 Å². The molecule has 0 aliphatic heterocycles. The van der Waals surface area contributed by atoms with Crippen molar-refractivity contribution in [3.63, 3.8) is 0 Å². The van der Waals surface area contributed by atoms with Crippen molar-refractivity contribution in [1.29, 1.82) is 0 Å². The van der Waals surface area contributed by atoms with Crippen molar-refractivity contribution in [3.05, 3.63) is 73.9 Å². The van der Waals surface area contributed by atoms with E-state index in [-0.39, 0.29) is 38.3 Å². The number of halogens is 4. The molecular weight excluding hydrogens is 513 g/mol. The number of ether oxygens (including phenoxy) is 1. The molecule has 0 saturated carbocycles. The number of nitrogens with zero attached hydrogens (tertiary/aromatic N) is 2. The maximum absolute atomic E-state index is 12.8. The van der Waals surface area contributed by atoms with Gasteiger partial charge in [0.1, 0.15) is 16.1 Å². The molecule has 0 unspecified atom stereocenters. The number of anilines is 1. The van der Waals surface area contributed by atoms with E-state index in [0.29, 0.717) is 4.60 Å². The first-order valence-electron chi connectivity index (χ1n) is 7.63. The van der Waals surface area contributed by atoms with Crippen molar-refractivity contribution < 1.29 is 13.2 Å². The summed E-state index contributed by atoms with van der Waals surface area (Å²) >= 11 is 21.1. The minimum Gasteiger partial charge on any atom is -0.470 e. The Morgan fingerprint density at radius 3 is 2.36 bits per heavy atom. The number of sulfonamides is 1. The largest absolute Gasteiger partial charge is 0.470 e. The van der Waals surface area contributed by atoms with Crippen LogP contribution in [0.1, 0.15) is 5.56 Å². The highest BCUT2D eigenvalue weighted by molar-refractivity contribution is 9.10. The van der Waals surface area contributed by atoms with E-state index in [1.54, 1.807) is 0 Å². The summed E-state index contributed by atoms with van der Waals surface area (Å²) in [6, 6.07) is 11.9. The molecule has 3 rings (SSSR count). The summed E-state index contributed by atoms with van der Waals surface area (Å²) in [6.45, 7) is 0.170. The van der Waals surface area contributed by atoms with E-state index >= 15 is 0 Å². The lowest BCUT2D eigenvalue weighted by Crippen LogP contribution is -2.16. The quantitative estimate of drug-likeness (QED) is 0.456. The second-order valence-electron chi connectivity index (χ2n) is 5.42. The zero-order valence-corrected chi connectivity index (χ0v) is 18.5. The van der Waals surface area contributed by atoms with Gasteiger partial charge >= 0.3 is 0 Å². The van der Waals surface area contributed by atoms with Gasteiger partial charge in [0.25, 0.3) is 15.9 Å². The van der Waals surface area contributed by atoms with Crippen molar-refractivity contribution in [3.8, 4) is 5.88 Å². The fourth-order valence-corrected chi connectivity index (χ4v) is 5.03. The van der Waals surface area contributed by atoms with Gasteiger partial charge in [-0.05, 0) is 33.6 Å². The van der Waals surface area contributed by atoms with E-state index in [9.17, 15) is 8.42 Å². The van der Waals surface area contributed by atoms with Crippen molar-refractivity contribution >= 4 is 66.6 Å². The van der Waals surface area contributed by atoms with Crippen LogP contribution in [0.4, 0.5) is 5.82 Å². The standard InChI is InChI=1S/C17H11BrCl3N3O3S/c18-14-8-22-16(17(23-14)27-9-10-4-2-1-3-5-10)24-28(25,26)15-12(20)6-11(19)7-13(15)21/h1-8H,9H2,(H,22,24). The highest BCUT2D eigenvalue weighted by Crippen LogP contribution is 2.34. The normalized spacial score (nSPS) is 11.3. The molecule has 1 aromatic heterocycles. The van der Waals surface area contributed by atoms with Gasteiger partial charge in [0.15, 0.2) is 0 Å². The Hall–Kier alpha value is -1.58. The molecule has 0 aliphatic rings. The predicted octanol–water partition coefficient (Wildman–Crippen LogP) is 5.58. The molecule has 0 fully saturated rings. The van der Waals surface area contributed by atoms with Gasteiger partial charge in [-0.3, -0.25) is 4.72 Å².